The van der Waals surface area contributed by atoms with Crippen LogP contribution in [0.4, 0.5) is 0 Å². The first kappa shape index (κ1) is 16.1. The second kappa shape index (κ2) is 6.22. The van der Waals surface area contributed by atoms with Crippen LogP contribution in [0.15, 0.2) is 18.2 Å². The summed E-state index contributed by atoms with van der Waals surface area (Å²) in [5.41, 5.74) is -0.0452. The molecule has 21 heavy (non-hydrogen) atoms. The molecule has 0 aromatic heterocycles. The Hall–Kier alpha value is -1.30. The van der Waals surface area contributed by atoms with Crippen LogP contribution in [0.1, 0.15) is 12.5 Å². The Labute approximate surface area is 129 Å². The molecule has 116 valence electrons. The number of fused-ring (bicyclic) bond motifs is 1. The third kappa shape index (κ3) is 4.33. The fourth-order valence-corrected chi connectivity index (χ4v) is 2.69. The molecule has 1 amide bonds. The number of hydrogen-bond acceptors (Lipinski definition) is 4. The largest absolute Gasteiger partial charge is 0.480 e. The van der Waals surface area contributed by atoms with E-state index < -0.39 is 11.7 Å². The highest BCUT2D eigenvalue weighted by Crippen LogP contribution is 2.31. The number of likely N-dealkylation sites (N-methyl/N-ethyl adjacent to an activating group) is 1. The standard InChI is InChI=1S/C15H21ClN2O3/c1-15(20,9-18(2)3)8-17-14(19)13-7-10-6-11(16)4-5-12(10)21-13/h4-6,13,20H,7-9H2,1-3H3,(H,17,19). The van der Waals surface area contributed by atoms with Crippen molar-refractivity contribution in [3.8, 4) is 5.75 Å². The van der Waals surface area contributed by atoms with Gasteiger partial charge >= 0.3 is 0 Å². The fraction of sp³-hybridized carbons (Fsp3) is 0.533. The van der Waals surface area contributed by atoms with Crippen LogP contribution < -0.4 is 10.1 Å². The van der Waals surface area contributed by atoms with E-state index in [-0.39, 0.29) is 12.5 Å². The monoisotopic (exact) mass is 312 g/mol. The van der Waals surface area contributed by atoms with Crippen molar-refractivity contribution in [2.24, 2.45) is 0 Å². The lowest BCUT2D eigenvalue weighted by Crippen LogP contribution is -2.49. The summed E-state index contributed by atoms with van der Waals surface area (Å²) in [6.45, 7) is 2.34. The van der Waals surface area contributed by atoms with Gasteiger partial charge < -0.3 is 20.1 Å². The molecule has 1 aliphatic heterocycles. The van der Waals surface area contributed by atoms with E-state index in [1.54, 1.807) is 19.1 Å². The number of halogens is 1. The second-order valence-electron chi connectivity index (χ2n) is 6.02. The highest BCUT2D eigenvalue weighted by atomic mass is 35.5. The predicted molar refractivity (Wildman–Crippen MR) is 81.8 cm³/mol. The Bertz CT molecular complexity index is 532. The van der Waals surface area contributed by atoms with Gasteiger partial charge in [-0.2, -0.15) is 0 Å². The molecule has 2 rings (SSSR count). The molecule has 0 radical (unpaired) electrons. The molecule has 0 saturated carbocycles. The van der Waals surface area contributed by atoms with Gasteiger partial charge in [0.2, 0.25) is 0 Å². The molecule has 5 nitrogen and oxygen atoms in total. The SMILES string of the molecule is CN(C)CC(C)(O)CNC(=O)C1Cc2cc(Cl)ccc2O1. The minimum absolute atomic E-state index is 0.182. The fourth-order valence-electron chi connectivity index (χ4n) is 2.49. The average Bonchev–Trinajstić information content (AvgIpc) is 2.77. The summed E-state index contributed by atoms with van der Waals surface area (Å²) in [6, 6.07) is 5.32. The minimum atomic E-state index is -0.978. The van der Waals surface area contributed by atoms with E-state index in [4.69, 9.17) is 16.3 Å². The number of nitrogens with one attached hydrogen (secondary N) is 1. The summed E-state index contributed by atoms with van der Waals surface area (Å²) < 4.78 is 5.61. The Morgan fingerprint density at radius 2 is 2.29 bits per heavy atom. The lowest BCUT2D eigenvalue weighted by atomic mass is 10.1. The quantitative estimate of drug-likeness (QED) is 0.854. The maximum absolute atomic E-state index is 12.1. The van der Waals surface area contributed by atoms with E-state index >= 15 is 0 Å². The molecule has 2 unspecified atom stereocenters. The number of aliphatic hydroxyl groups is 1. The van der Waals surface area contributed by atoms with Crippen LogP contribution in [0.5, 0.6) is 5.75 Å². The molecule has 0 aliphatic carbocycles. The Morgan fingerprint density at radius 1 is 1.57 bits per heavy atom. The first-order valence-electron chi connectivity index (χ1n) is 6.87. The zero-order chi connectivity index (χ0) is 15.6. The highest BCUT2D eigenvalue weighted by molar-refractivity contribution is 6.30. The van der Waals surface area contributed by atoms with Crippen LogP contribution in [0, 0.1) is 0 Å². The third-order valence-electron chi connectivity index (χ3n) is 3.29. The number of ether oxygens (including phenoxy) is 1. The normalized spacial score (nSPS) is 19.8. The van der Waals surface area contributed by atoms with Gasteiger partial charge in [-0.15, -0.1) is 0 Å². The predicted octanol–water partition coefficient (Wildman–Crippen LogP) is 1.07. The number of benzene rings is 1. The van der Waals surface area contributed by atoms with Gasteiger partial charge in [-0.3, -0.25) is 4.79 Å². The van der Waals surface area contributed by atoms with Gasteiger partial charge in [-0.1, -0.05) is 11.6 Å². The number of rotatable bonds is 5. The smallest absolute Gasteiger partial charge is 0.261 e. The van der Waals surface area contributed by atoms with Gasteiger partial charge in [0.05, 0.1) is 5.60 Å². The van der Waals surface area contributed by atoms with E-state index in [0.717, 1.165) is 5.56 Å². The van der Waals surface area contributed by atoms with Crippen molar-refractivity contribution in [1.29, 1.82) is 0 Å². The maximum Gasteiger partial charge on any atom is 0.261 e. The molecule has 0 saturated heterocycles. The van der Waals surface area contributed by atoms with Crippen molar-refractivity contribution in [1.82, 2.24) is 10.2 Å². The van der Waals surface area contributed by atoms with Crippen molar-refractivity contribution in [2.45, 2.75) is 25.0 Å². The molecule has 2 atom stereocenters. The first-order valence-corrected chi connectivity index (χ1v) is 7.24. The molecular formula is C15H21ClN2O3. The van der Waals surface area contributed by atoms with E-state index in [9.17, 15) is 9.90 Å². The molecule has 1 aliphatic rings. The summed E-state index contributed by atoms with van der Waals surface area (Å²) in [5.74, 6) is 0.473. The molecule has 0 spiro atoms. The molecule has 2 N–H and O–H groups in total. The number of carbonyl (C=O) groups is 1. The number of hydrogen-bond donors (Lipinski definition) is 2. The summed E-state index contributed by atoms with van der Waals surface area (Å²) in [6.07, 6.45) is -0.0639. The van der Waals surface area contributed by atoms with E-state index in [1.807, 2.05) is 25.1 Å². The van der Waals surface area contributed by atoms with Gasteiger partial charge in [0.1, 0.15) is 5.75 Å². The van der Waals surface area contributed by atoms with Crippen molar-refractivity contribution in [2.75, 3.05) is 27.2 Å². The Kier molecular flexibility index (Phi) is 4.76. The van der Waals surface area contributed by atoms with E-state index in [1.165, 1.54) is 0 Å². The van der Waals surface area contributed by atoms with Crippen LogP contribution in [0.3, 0.4) is 0 Å². The van der Waals surface area contributed by atoms with Crippen molar-refractivity contribution < 1.29 is 14.6 Å². The van der Waals surface area contributed by atoms with Crippen molar-refractivity contribution in [3.63, 3.8) is 0 Å². The number of carbonyl (C=O) groups excluding carboxylic acids is 1. The van der Waals surface area contributed by atoms with Crippen LogP contribution in [0.2, 0.25) is 5.02 Å². The number of amides is 1. The summed E-state index contributed by atoms with van der Waals surface area (Å²) in [7, 11) is 3.74. The molecule has 0 bridgehead atoms. The second-order valence-corrected chi connectivity index (χ2v) is 6.45. The third-order valence-corrected chi connectivity index (χ3v) is 3.52. The summed E-state index contributed by atoms with van der Waals surface area (Å²) in [5, 5.41) is 13.5. The summed E-state index contributed by atoms with van der Waals surface area (Å²) in [4.78, 5) is 14.0. The van der Waals surface area contributed by atoms with Crippen LogP contribution in [-0.4, -0.2) is 54.8 Å². The van der Waals surface area contributed by atoms with E-state index in [0.29, 0.717) is 23.7 Å². The molecule has 0 fully saturated rings. The Balaban J connectivity index is 1.89. The summed E-state index contributed by atoms with van der Waals surface area (Å²) >= 11 is 5.93. The van der Waals surface area contributed by atoms with Gasteiger partial charge in [0, 0.05) is 24.5 Å². The lowest BCUT2D eigenvalue weighted by molar-refractivity contribution is -0.128. The maximum atomic E-state index is 12.1. The minimum Gasteiger partial charge on any atom is -0.480 e. The molecule has 6 heteroatoms. The van der Waals surface area contributed by atoms with Gasteiger partial charge in [-0.25, -0.2) is 0 Å². The average molecular weight is 313 g/mol. The van der Waals surface area contributed by atoms with Gasteiger partial charge in [0.25, 0.3) is 5.91 Å². The van der Waals surface area contributed by atoms with Crippen LogP contribution in [0.25, 0.3) is 0 Å². The van der Waals surface area contributed by atoms with Crippen molar-refractivity contribution in [3.05, 3.63) is 28.8 Å². The first-order chi connectivity index (χ1) is 9.77. The van der Waals surface area contributed by atoms with Gasteiger partial charge in [-0.05, 0) is 44.8 Å². The topological polar surface area (TPSA) is 61.8 Å². The van der Waals surface area contributed by atoms with Crippen LogP contribution >= 0.6 is 11.6 Å². The zero-order valence-electron chi connectivity index (χ0n) is 12.5. The Morgan fingerprint density at radius 3 is 2.95 bits per heavy atom. The molecule has 1 aromatic carbocycles. The van der Waals surface area contributed by atoms with Crippen molar-refractivity contribution >= 4 is 17.5 Å². The number of nitrogens with zero attached hydrogens (tertiary/aromatic N) is 1. The molecular weight excluding hydrogens is 292 g/mol. The van der Waals surface area contributed by atoms with Gasteiger partial charge in [0.15, 0.2) is 6.10 Å². The van der Waals surface area contributed by atoms with Crippen LogP contribution in [-0.2, 0) is 11.2 Å². The lowest BCUT2D eigenvalue weighted by Gasteiger charge is -2.27. The zero-order valence-corrected chi connectivity index (χ0v) is 13.3. The highest BCUT2D eigenvalue weighted by Gasteiger charge is 2.31. The van der Waals surface area contributed by atoms with E-state index in [2.05, 4.69) is 5.32 Å². The molecule has 1 aromatic rings. The molecule has 1 heterocycles.